The molecule has 5 N–H and O–H groups in total. The van der Waals surface area contributed by atoms with E-state index in [9.17, 15) is 4.79 Å². The molecule has 0 aromatic heterocycles. The zero-order valence-corrected chi connectivity index (χ0v) is 8.43. The molecule has 0 aliphatic heterocycles. The Morgan fingerprint density at radius 3 is 2.33 bits per heavy atom. The molecule has 1 rings (SSSR count). The van der Waals surface area contributed by atoms with Crippen LogP contribution < -0.4 is 16.2 Å². The lowest BCUT2D eigenvalue weighted by Gasteiger charge is -2.18. The number of carboxylic acid groups (broad SMARTS) is 1. The van der Waals surface area contributed by atoms with Crippen LogP contribution in [0.1, 0.15) is 5.56 Å². The van der Waals surface area contributed by atoms with Crippen molar-refractivity contribution < 1.29 is 14.6 Å². The maximum Gasteiger partial charge on any atom is 0.338 e. The Morgan fingerprint density at radius 2 is 1.93 bits per heavy atom. The first-order chi connectivity index (χ1) is 6.95. The molecule has 5 heteroatoms. The SMILES string of the molecule is COc1ccc(CC(N)(N)C(=O)O)cc1. The van der Waals surface area contributed by atoms with Crippen molar-refractivity contribution in [2.24, 2.45) is 11.5 Å². The number of carbonyl (C=O) groups is 1. The summed E-state index contributed by atoms with van der Waals surface area (Å²) < 4.78 is 4.97. The van der Waals surface area contributed by atoms with Crippen molar-refractivity contribution in [2.75, 3.05) is 7.11 Å². The summed E-state index contributed by atoms with van der Waals surface area (Å²) in [6, 6.07) is 6.92. The van der Waals surface area contributed by atoms with Crippen LogP contribution in [-0.2, 0) is 11.2 Å². The van der Waals surface area contributed by atoms with Crippen molar-refractivity contribution in [3.8, 4) is 5.75 Å². The van der Waals surface area contributed by atoms with Crippen molar-refractivity contribution in [1.29, 1.82) is 0 Å². The molecule has 82 valence electrons. The summed E-state index contributed by atoms with van der Waals surface area (Å²) in [6.07, 6.45) is 0.0757. The number of ether oxygens (including phenoxy) is 1. The van der Waals surface area contributed by atoms with Gasteiger partial charge in [-0.2, -0.15) is 0 Å². The fourth-order valence-corrected chi connectivity index (χ4v) is 1.16. The molecule has 0 amide bonds. The van der Waals surface area contributed by atoms with Gasteiger partial charge in [-0.15, -0.1) is 0 Å². The lowest BCUT2D eigenvalue weighted by molar-refractivity contribution is -0.143. The normalized spacial score (nSPS) is 11.1. The van der Waals surface area contributed by atoms with Gasteiger partial charge in [0.15, 0.2) is 5.66 Å². The Morgan fingerprint density at radius 1 is 1.40 bits per heavy atom. The van der Waals surface area contributed by atoms with E-state index in [1.54, 1.807) is 31.4 Å². The average molecular weight is 210 g/mol. The molecule has 0 saturated heterocycles. The summed E-state index contributed by atoms with van der Waals surface area (Å²) in [5, 5.41) is 8.73. The van der Waals surface area contributed by atoms with E-state index in [-0.39, 0.29) is 6.42 Å². The first-order valence-electron chi connectivity index (χ1n) is 4.40. The van der Waals surface area contributed by atoms with E-state index in [4.69, 9.17) is 21.3 Å². The van der Waals surface area contributed by atoms with Crippen molar-refractivity contribution in [1.82, 2.24) is 0 Å². The van der Waals surface area contributed by atoms with Crippen LogP contribution in [0.5, 0.6) is 5.75 Å². The Hall–Kier alpha value is -1.59. The Labute approximate surface area is 87.6 Å². The predicted molar refractivity (Wildman–Crippen MR) is 55.4 cm³/mol. The molecular weight excluding hydrogens is 196 g/mol. The molecular formula is C10H14N2O3. The highest BCUT2D eigenvalue weighted by Crippen LogP contribution is 2.13. The highest BCUT2D eigenvalue weighted by Gasteiger charge is 2.28. The number of methoxy groups -OCH3 is 1. The third-order valence-corrected chi connectivity index (χ3v) is 2.05. The van der Waals surface area contributed by atoms with E-state index in [2.05, 4.69) is 0 Å². The van der Waals surface area contributed by atoms with Crippen LogP contribution in [0.4, 0.5) is 0 Å². The number of rotatable bonds is 4. The minimum atomic E-state index is -1.73. The third-order valence-electron chi connectivity index (χ3n) is 2.05. The lowest BCUT2D eigenvalue weighted by Crippen LogP contribution is -2.58. The molecule has 0 heterocycles. The van der Waals surface area contributed by atoms with Crippen LogP contribution in [0.3, 0.4) is 0 Å². The van der Waals surface area contributed by atoms with Crippen LogP contribution >= 0.6 is 0 Å². The first-order valence-corrected chi connectivity index (χ1v) is 4.40. The summed E-state index contributed by atoms with van der Waals surface area (Å²) in [5.74, 6) is -0.521. The smallest absolute Gasteiger partial charge is 0.338 e. The molecule has 0 unspecified atom stereocenters. The molecule has 1 aromatic carbocycles. The van der Waals surface area contributed by atoms with E-state index in [1.165, 1.54) is 0 Å². The fraction of sp³-hybridized carbons (Fsp3) is 0.300. The van der Waals surface area contributed by atoms with Crippen LogP contribution in [0.15, 0.2) is 24.3 Å². The zero-order chi connectivity index (χ0) is 11.5. The zero-order valence-electron chi connectivity index (χ0n) is 8.43. The number of hydrogen-bond acceptors (Lipinski definition) is 4. The van der Waals surface area contributed by atoms with Gasteiger partial charge >= 0.3 is 5.97 Å². The largest absolute Gasteiger partial charge is 0.497 e. The van der Waals surface area contributed by atoms with E-state index in [0.29, 0.717) is 5.75 Å². The topological polar surface area (TPSA) is 98.6 Å². The number of hydrogen-bond donors (Lipinski definition) is 3. The molecule has 0 radical (unpaired) electrons. The minimum Gasteiger partial charge on any atom is -0.497 e. The van der Waals surface area contributed by atoms with Gasteiger partial charge in [-0.3, -0.25) is 0 Å². The Bertz CT molecular complexity index is 346. The second-order valence-corrected chi connectivity index (χ2v) is 3.37. The third kappa shape index (κ3) is 2.93. The summed E-state index contributed by atoms with van der Waals surface area (Å²) >= 11 is 0. The number of carboxylic acids is 1. The quantitative estimate of drug-likeness (QED) is 0.604. The lowest BCUT2D eigenvalue weighted by atomic mass is 10.0. The van der Waals surface area contributed by atoms with Crippen molar-refractivity contribution >= 4 is 5.97 Å². The van der Waals surface area contributed by atoms with Gasteiger partial charge in [0, 0.05) is 6.42 Å². The Kier molecular flexibility index (Phi) is 3.28. The average Bonchev–Trinajstić information content (AvgIpc) is 2.18. The van der Waals surface area contributed by atoms with E-state index < -0.39 is 11.6 Å². The summed E-state index contributed by atoms with van der Waals surface area (Å²) in [6.45, 7) is 0. The van der Waals surface area contributed by atoms with Gasteiger partial charge in [-0.05, 0) is 17.7 Å². The molecule has 1 aromatic rings. The number of aliphatic carboxylic acids is 1. The van der Waals surface area contributed by atoms with Gasteiger partial charge in [-0.1, -0.05) is 12.1 Å². The maximum absolute atomic E-state index is 10.7. The van der Waals surface area contributed by atoms with Crippen LogP contribution in [0, 0.1) is 0 Å². The Balaban J connectivity index is 2.77. The maximum atomic E-state index is 10.7. The molecule has 0 fully saturated rings. The van der Waals surface area contributed by atoms with Crippen molar-refractivity contribution in [3.63, 3.8) is 0 Å². The second-order valence-electron chi connectivity index (χ2n) is 3.37. The summed E-state index contributed by atoms with van der Waals surface area (Å²) in [4.78, 5) is 10.7. The van der Waals surface area contributed by atoms with Gasteiger partial charge in [-0.25, -0.2) is 4.79 Å². The van der Waals surface area contributed by atoms with Gasteiger partial charge in [0.05, 0.1) is 7.11 Å². The van der Waals surface area contributed by atoms with E-state index >= 15 is 0 Å². The van der Waals surface area contributed by atoms with Crippen molar-refractivity contribution in [2.45, 2.75) is 12.1 Å². The molecule has 5 nitrogen and oxygen atoms in total. The second kappa shape index (κ2) is 4.29. The van der Waals surface area contributed by atoms with E-state index in [0.717, 1.165) is 5.56 Å². The number of benzene rings is 1. The van der Waals surface area contributed by atoms with Gasteiger partial charge in [0.2, 0.25) is 0 Å². The monoisotopic (exact) mass is 210 g/mol. The fourth-order valence-electron chi connectivity index (χ4n) is 1.16. The van der Waals surface area contributed by atoms with Gasteiger partial charge in [0.1, 0.15) is 5.75 Å². The molecule has 0 aliphatic carbocycles. The molecule has 15 heavy (non-hydrogen) atoms. The van der Waals surface area contributed by atoms with Gasteiger partial charge in [0.25, 0.3) is 0 Å². The summed E-state index contributed by atoms with van der Waals surface area (Å²) in [5.41, 5.74) is 9.84. The standard InChI is InChI=1S/C10H14N2O3/c1-15-8-4-2-7(3-5-8)6-10(11,12)9(13)14/h2-5H,6,11-12H2,1H3,(H,13,14). The first kappa shape index (κ1) is 11.5. The summed E-state index contributed by atoms with van der Waals surface area (Å²) in [7, 11) is 1.56. The van der Waals surface area contributed by atoms with Crippen molar-refractivity contribution in [3.05, 3.63) is 29.8 Å². The number of nitrogens with two attached hydrogens (primary N) is 2. The van der Waals surface area contributed by atoms with Crippen LogP contribution in [0.25, 0.3) is 0 Å². The van der Waals surface area contributed by atoms with Crippen LogP contribution in [0.2, 0.25) is 0 Å². The van der Waals surface area contributed by atoms with Gasteiger partial charge < -0.3 is 21.3 Å². The molecule has 0 saturated carbocycles. The highest BCUT2D eigenvalue weighted by molar-refractivity contribution is 5.77. The predicted octanol–water partition coefficient (Wildman–Crippen LogP) is -0.0640. The molecule has 0 spiro atoms. The molecule has 0 aliphatic rings. The van der Waals surface area contributed by atoms with E-state index in [1.807, 2.05) is 0 Å². The van der Waals surface area contributed by atoms with Crippen LogP contribution in [-0.4, -0.2) is 23.8 Å². The minimum absolute atomic E-state index is 0.0757. The molecule has 0 bridgehead atoms. The molecule has 0 atom stereocenters. The highest BCUT2D eigenvalue weighted by atomic mass is 16.5.